The van der Waals surface area contributed by atoms with Crippen LogP contribution in [0.15, 0.2) is 18.5 Å². The van der Waals surface area contributed by atoms with Gasteiger partial charge in [-0.3, -0.25) is 4.90 Å². The fourth-order valence-electron chi connectivity index (χ4n) is 2.32. The number of carboxylic acids is 1. The zero-order valence-corrected chi connectivity index (χ0v) is 12.0. The standard InChI is InChI=1S/C14H20N4O2/c1-10-8-18(9-11(2)17(10)3)14-15-6-12(7-16-14)4-5-13(19)20/h4-7,10-11H,8-9H2,1-3H3,(H,19,20)/b5-4+. The van der Waals surface area contributed by atoms with Gasteiger partial charge in [-0.15, -0.1) is 0 Å². The fraction of sp³-hybridized carbons (Fsp3) is 0.500. The van der Waals surface area contributed by atoms with Gasteiger partial charge in [0.2, 0.25) is 5.95 Å². The summed E-state index contributed by atoms with van der Waals surface area (Å²) in [6, 6.07) is 0.905. The summed E-state index contributed by atoms with van der Waals surface area (Å²) in [5.41, 5.74) is 0.686. The second-order valence-corrected chi connectivity index (χ2v) is 5.26. The number of carbonyl (C=O) groups is 1. The average molecular weight is 276 g/mol. The maximum atomic E-state index is 10.4. The first-order chi connectivity index (χ1) is 9.47. The van der Waals surface area contributed by atoms with E-state index in [1.807, 2.05) is 0 Å². The average Bonchev–Trinajstić information content (AvgIpc) is 2.42. The van der Waals surface area contributed by atoms with Crippen LogP contribution in [-0.2, 0) is 4.79 Å². The van der Waals surface area contributed by atoms with Gasteiger partial charge in [0.25, 0.3) is 0 Å². The Bertz CT molecular complexity index is 488. The molecule has 0 saturated carbocycles. The molecule has 1 saturated heterocycles. The number of carboxylic acid groups (broad SMARTS) is 1. The smallest absolute Gasteiger partial charge is 0.328 e. The maximum Gasteiger partial charge on any atom is 0.328 e. The molecule has 1 aliphatic rings. The molecule has 6 heteroatoms. The van der Waals surface area contributed by atoms with Crippen molar-refractivity contribution in [3.05, 3.63) is 24.0 Å². The van der Waals surface area contributed by atoms with Crippen LogP contribution in [0.2, 0.25) is 0 Å². The second kappa shape index (κ2) is 6.00. The third-order valence-corrected chi connectivity index (χ3v) is 3.72. The van der Waals surface area contributed by atoms with Crippen LogP contribution < -0.4 is 4.90 Å². The lowest BCUT2D eigenvalue weighted by Crippen LogP contribution is -2.55. The van der Waals surface area contributed by atoms with E-state index in [2.05, 4.69) is 40.7 Å². The summed E-state index contributed by atoms with van der Waals surface area (Å²) < 4.78 is 0. The van der Waals surface area contributed by atoms with Crippen molar-refractivity contribution in [2.45, 2.75) is 25.9 Å². The van der Waals surface area contributed by atoms with Crippen molar-refractivity contribution in [2.24, 2.45) is 0 Å². The monoisotopic (exact) mass is 276 g/mol. The molecular weight excluding hydrogens is 256 g/mol. The van der Waals surface area contributed by atoms with Crippen molar-refractivity contribution < 1.29 is 9.90 Å². The molecule has 1 aromatic rings. The molecule has 0 radical (unpaired) electrons. The fourth-order valence-corrected chi connectivity index (χ4v) is 2.32. The predicted octanol–water partition coefficient (Wildman–Crippen LogP) is 1.10. The molecule has 0 spiro atoms. The largest absolute Gasteiger partial charge is 0.478 e. The van der Waals surface area contributed by atoms with Crippen molar-refractivity contribution in [1.29, 1.82) is 0 Å². The van der Waals surface area contributed by atoms with E-state index in [4.69, 9.17) is 5.11 Å². The molecule has 2 unspecified atom stereocenters. The van der Waals surface area contributed by atoms with Gasteiger partial charge < -0.3 is 10.0 Å². The lowest BCUT2D eigenvalue weighted by molar-refractivity contribution is -0.131. The molecule has 2 atom stereocenters. The van der Waals surface area contributed by atoms with E-state index in [1.54, 1.807) is 12.4 Å². The Labute approximate surface area is 118 Å². The first-order valence-electron chi connectivity index (χ1n) is 6.67. The minimum Gasteiger partial charge on any atom is -0.478 e. The highest BCUT2D eigenvalue weighted by Gasteiger charge is 2.27. The number of anilines is 1. The molecule has 0 aromatic carbocycles. The third kappa shape index (κ3) is 3.33. The van der Waals surface area contributed by atoms with Crippen LogP contribution in [0.25, 0.3) is 6.08 Å². The summed E-state index contributed by atoms with van der Waals surface area (Å²) in [6.07, 6.45) is 5.87. The lowest BCUT2D eigenvalue weighted by Gasteiger charge is -2.42. The zero-order chi connectivity index (χ0) is 14.7. The number of aliphatic carboxylic acids is 1. The first kappa shape index (κ1) is 14.5. The van der Waals surface area contributed by atoms with Crippen LogP contribution in [0.1, 0.15) is 19.4 Å². The normalized spacial score (nSPS) is 24.2. The maximum absolute atomic E-state index is 10.4. The minimum absolute atomic E-state index is 0.453. The SMILES string of the molecule is CC1CN(c2ncc(/C=C/C(=O)O)cn2)CC(C)N1C. The van der Waals surface area contributed by atoms with Crippen LogP contribution in [-0.4, -0.2) is 58.2 Å². The van der Waals surface area contributed by atoms with Crippen molar-refractivity contribution in [2.75, 3.05) is 25.0 Å². The van der Waals surface area contributed by atoms with Gasteiger partial charge in [0.15, 0.2) is 0 Å². The number of aromatic nitrogens is 2. The number of likely N-dealkylation sites (N-methyl/N-ethyl adjacent to an activating group) is 1. The summed E-state index contributed by atoms with van der Waals surface area (Å²) in [4.78, 5) is 23.6. The molecule has 108 valence electrons. The van der Waals surface area contributed by atoms with Crippen LogP contribution >= 0.6 is 0 Å². The molecule has 0 bridgehead atoms. The summed E-state index contributed by atoms with van der Waals surface area (Å²) in [6.45, 7) is 6.16. The summed E-state index contributed by atoms with van der Waals surface area (Å²) in [7, 11) is 2.13. The molecule has 6 nitrogen and oxygen atoms in total. The topological polar surface area (TPSA) is 69.6 Å². The van der Waals surface area contributed by atoms with Crippen molar-refractivity contribution in [1.82, 2.24) is 14.9 Å². The van der Waals surface area contributed by atoms with E-state index < -0.39 is 5.97 Å². The highest BCUT2D eigenvalue weighted by atomic mass is 16.4. The van der Waals surface area contributed by atoms with Crippen LogP contribution in [0.3, 0.4) is 0 Å². The molecule has 2 rings (SSSR count). The molecule has 1 aliphatic heterocycles. The molecular formula is C14H20N4O2. The Balaban J connectivity index is 2.08. The number of hydrogen-bond donors (Lipinski definition) is 1. The van der Waals surface area contributed by atoms with E-state index >= 15 is 0 Å². The molecule has 2 heterocycles. The van der Waals surface area contributed by atoms with E-state index in [9.17, 15) is 4.79 Å². The summed E-state index contributed by atoms with van der Waals surface area (Å²) in [5, 5.41) is 8.58. The van der Waals surface area contributed by atoms with Gasteiger partial charge in [-0.2, -0.15) is 0 Å². The third-order valence-electron chi connectivity index (χ3n) is 3.72. The first-order valence-corrected chi connectivity index (χ1v) is 6.67. The molecule has 1 N–H and O–H groups in total. The van der Waals surface area contributed by atoms with Gasteiger partial charge >= 0.3 is 5.97 Å². The van der Waals surface area contributed by atoms with Crippen molar-refractivity contribution in [3.63, 3.8) is 0 Å². The number of rotatable bonds is 3. The molecule has 0 aliphatic carbocycles. The van der Waals surface area contributed by atoms with Crippen molar-refractivity contribution in [3.8, 4) is 0 Å². The van der Waals surface area contributed by atoms with E-state index in [-0.39, 0.29) is 0 Å². The predicted molar refractivity (Wildman–Crippen MR) is 77.6 cm³/mol. The van der Waals surface area contributed by atoms with Gasteiger partial charge in [-0.25, -0.2) is 14.8 Å². The van der Waals surface area contributed by atoms with Gasteiger partial charge in [0, 0.05) is 49.2 Å². The summed E-state index contributed by atoms with van der Waals surface area (Å²) in [5.74, 6) is -0.278. The van der Waals surface area contributed by atoms with Crippen molar-refractivity contribution >= 4 is 18.0 Å². The Morgan fingerprint density at radius 3 is 2.35 bits per heavy atom. The van der Waals surface area contributed by atoms with Gasteiger partial charge in [-0.1, -0.05) is 0 Å². The van der Waals surface area contributed by atoms with Gasteiger partial charge in [0.1, 0.15) is 0 Å². The van der Waals surface area contributed by atoms with E-state index in [1.165, 1.54) is 6.08 Å². The minimum atomic E-state index is -0.976. The number of piperazine rings is 1. The molecule has 1 fully saturated rings. The Morgan fingerprint density at radius 2 is 1.85 bits per heavy atom. The second-order valence-electron chi connectivity index (χ2n) is 5.26. The van der Waals surface area contributed by atoms with Gasteiger partial charge in [-0.05, 0) is 27.0 Å². The number of hydrogen-bond acceptors (Lipinski definition) is 5. The Morgan fingerprint density at radius 1 is 1.30 bits per heavy atom. The quantitative estimate of drug-likeness (QED) is 0.834. The molecule has 1 aromatic heterocycles. The van der Waals surface area contributed by atoms with Crippen LogP contribution in [0.5, 0.6) is 0 Å². The van der Waals surface area contributed by atoms with E-state index in [0.717, 1.165) is 19.2 Å². The summed E-state index contributed by atoms with van der Waals surface area (Å²) >= 11 is 0. The van der Waals surface area contributed by atoms with Crippen LogP contribution in [0.4, 0.5) is 5.95 Å². The van der Waals surface area contributed by atoms with Crippen LogP contribution in [0, 0.1) is 0 Å². The zero-order valence-electron chi connectivity index (χ0n) is 12.0. The Hall–Kier alpha value is -1.95. The van der Waals surface area contributed by atoms with Gasteiger partial charge in [0.05, 0.1) is 0 Å². The molecule has 0 amide bonds. The Kier molecular flexibility index (Phi) is 4.34. The molecule has 20 heavy (non-hydrogen) atoms. The van der Waals surface area contributed by atoms with E-state index in [0.29, 0.717) is 23.6 Å². The highest BCUT2D eigenvalue weighted by molar-refractivity contribution is 5.85. The number of nitrogens with zero attached hydrogens (tertiary/aromatic N) is 4. The highest BCUT2D eigenvalue weighted by Crippen LogP contribution is 2.17. The lowest BCUT2D eigenvalue weighted by atomic mass is 10.1.